The summed E-state index contributed by atoms with van der Waals surface area (Å²) in [6.45, 7) is 0. The fraction of sp³-hybridized carbons (Fsp3) is 0.154. The van der Waals surface area contributed by atoms with Gasteiger partial charge in [-0.2, -0.15) is 0 Å². The van der Waals surface area contributed by atoms with Gasteiger partial charge in [0.05, 0.1) is 24.9 Å². The molecule has 0 unspecified atom stereocenters. The zero-order chi connectivity index (χ0) is 15.4. The van der Waals surface area contributed by atoms with Gasteiger partial charge in [-0.3, -0.25) is 0 Å². The number of nitrogens with zero attached hydrogens (tertiary/aromatic N) is 2. The molecule has 21 heavy (non-hydrogen) atoms. The van der Waals surface area contributed by atoms with Gasteiger partial charge in [0.2, 0.25) is 0 Å². The third-order valence-corrected chi connectivity index (χ3v) is 3.15. The molecule has 1 heterocycles. The molecule has 0 bridgehead atoms. The lowest BCUT2D eigenvalue weighted by Crippen LogP contribution is -2.15. The Morgan fingerprint density at radius 2 is 1.86 bits per heavy atom. The van der Waals surface area contributed by atoms with Gasteiger partial charge in [-0.25, -0.2) is 9.97 Å². The lowest BCUT2D eigenvalue weighted by Gasteiger charge is -2.14. The molecular weight excluding hydrogens is 312 g/mol. The van der Waals surface area contributed by atoms with E-state index in [0.29, 0.717) is 33.7 Å². The number of halogens is 1. The summed E-state index contributed by atoms with van der Waals surface area (Å²) in [5.41, 5.74) is 6.63. The fourth-order valence-corrected chi connectivity index (χ4v) is 2.08. The van der Waals surface area contributed by atoms with E-state index in [1.165, 1.54) is 26.6 Å². The number of nitrogens with one attached hydrogen (secondary N) is 1. The maximum Gasteiger partial charge on any atom is 0.159 e. The van der Waals surface area contributed by atoms with E-state index < -0.39 is 0 Å². The molecule has 0 saturated heterocycles. The highest BCUT2D eigenvalue weighted by Crippen LogP contribution is 2.37. The maximum absolute atomic E-state index is 6.06. The van der Waals surface area contributed by atoms with Crippen LogP contribution in [-0.4, -0.2) is 29.2 Å². The topological polar surface area (TPSA) is 82.3 Å². The van der Waals surface area contributed by atoms with Crippen molar-refractivity contribution >= 4 is 40.3 Å². The van der Waals surface area contributed by atoms with Crippen molar-refractivity contribution < 1.29 is 9.47 Å². The summed E-state index contributed by atoms with van der Waals surface area (Å²) >= 11 is 11.0. The zero-order valence-electron chi connectivity index (χ0n) is 11.4. The molecule has 0 spiro atoms. The van der Waals surface area contributed by atoms with Crippen molar-refractivity contribution in [2.45, 2.75) is 0 Å². The first-order valence-corrected chi connectivity index (χ1v) is 6.64. The number of hydrogen-bond donors (Lipinski definition) is 2. The van der Waals surface area contributed by atoms with Crippen LogP contribution in [0.4, 0.5) is 11.5 Å². The minimum Gasteiger partial charge on any atom is -0.495 e. The largest absolute Gasteiger partial charge is 0.495 e. The molecule has 0 aliphatic carbocycles. The van der Waals surface area contributed by atoms with Crippen LogP contribution in [0.25, 0.3) is 0 Å². The van der Waals surface area contributed by atoms with E-state index in [1.807, 2.05) is 0 Å². The molecule has 1 aromatic heterocycles. The van der Waals surface area contributed by atoms with Gasteiger partial charge in [0.15, 0.2) is 5.82 Å². The van der Waals surface area contributed by atoms with Crippen LogP contribution in [0, 0.1) is 0 Å². The number of aromatic nitrogens is 2. The lowest BCUT2D eigenvalue weighted by atomic mass is 10.2. The summed E-state index contributed by atoms with van der Waals surface area (Å²) in [6, 6.07) is 3.33. The third kappa shape index (κ3) is 3.32. The predicted octanol–water partition coefficient (Wildman–Crippen LogP) is 2.53. The SMILES string of the molecule is COc1cc(Nc2nccnc2C(N)=S)c(OC)cc1Cl. The highest BCUT2D eigenvalue weighted by molar-refractivity contribution is 7.80. The molecular formula is C13H13ClN4O2S. The number of ether oxygens (including phenoxy) is 2. The number of methoxy groups -OCH3 is 2. The van der Waals surface area contributed by atoms with E-state index >= 15 is 0 Å². The summed E-state index contributed by atoms with van der Waals surface area (Å²) in [5, 5.41) is 3.51. The van der Waals surface area contributed by atoms with Crippen LogP contribution in [0.3, 0.4) is 0 Å². The lowest BCUT2D eigenvalue weighted by molar-refractivity contribution is 0.405. The van der Waals surface area contributed by atoms with Gasteiger partial charge in [-0.1, -0.05) is 23.8 Å². The molecule has 2 aromatic rings. The first-order chi connectivity index (χ1) is 10.1. The monoisotopic (exact) mass is 324 g/mol. The summed E-state index contributed by atoms with van der Waals surface area (Å²) in [7, 11) is 3.06. The second-order valence-electron chi connectivity index (χ2n) is 3.93. The molecule has 110 valence electrons. The molecule has 0 saturated carbocycles. The van der Waals surface area contributed by atoms with Gasteiger partial charge in [0, 0.05) is 24.5 Å². The number of hydrogen-bond acceptors (Lipinski definition) is 6. The van der Waals surface area contributed by atoms with E-state index in [2.05, 4.69) is 15.3 Å². The van der Waals surface area contributed by atoms with Gasteiger partial charge in [0.25, 0.3) is 0 Å². The Labute approximate surface area is 132 Å². The highest BCUT2D eigenvalue weighted by Gasteiger charge is 2.14. The van der Waals surface area contributed by atoms with E-state index in [4.69, 9.17) is 39.0 Å². The molecule has 2 rings (SSSR count). The summed E-state index contributed by atoms with van der Waals surface area (Å²) < 4.78 is 10.5. The van der Waals surface area contributed by atoms with Crippen molar-refractivity contribution in [3.8, 4) is 11.5 Å². The van der Waals surface area contributed by atoms with Gasteiger partial charge < -0.3 is 20.5 Å². The minimum absolute atomic E-state index is 0.144. The molecule has 0 aliphatic heterocycles. The number of anilines is 2. The molecule has 0 amide bonds. The average Bonchev–Trinajstić information content (AvgIpc) is 2.48. The first-order valence-electron chi connectivity index (χ1n) is 5.86. The van der Waals surface area contributed by atoms with Crippen LogP contribution in [0.5, 0.6) is 11.5 Å². The molecule has 6 nitrogen and oxygen atoms in total. The molecule has 1 aromatic carbocycles. The van der Waals surface area contributed by atoms with Crippen molar-refractivity contribution in [1.29, 1.82) is 0 Å². The van der Waals surface area contributed by atoms with Crippen molar-refractivity contribution in [3.05, 3.63) is 35.2 Å². The Morgan fingerprint density at radius 1 is 1.19 bits per heavy atom. The third-order valence-electron chi connectivity index (χ3n) is 2.66. The number of benzene rings is 1. The molecule has 3 N–H and O–H groups in total. The molecule has 0 atom stereocenters. The van der Waals surface area contributed by atoms with Gasteiger partial charge >= 0.3 is 0 Å². The Hall–Kier alpha value is -2.12. The van der Waals surface area contributed by atoms with E-state index in [0.717, 1.165) is 0 Å². The van der Waals surface area contributed by atoms with Gasteiger partial charge in [-0.05, 0) is 0 Å². The molecule has 0 aliphatic rings. The van der Waals surface area contributed by atoms with E-state index in [1.54, 1.807) is 12.1 Å². The van der Waals surface area contributed by atoms with E-state index in [-0.39, 0.29) is 4.99 Å². The Balaban J connectivity index is 2.46. The smallest absolute Gasteiger partial charge is 0.159 e. The minimum atomic E-state index is 0.144. The maximum atomic E-state index is 6.06. The van der Waals surface area contributed by atoms with Crippen LogP contribution >= 0.6 is 23.8 Å². The van der Waals surface area contributed by atoms with Crippen molar-refractivity contribution in [3.63, 3.8) is 0 Å². The van der Waals surface area contributed by atoms with Crippen LogP contribution in [0.2, 0.25) is 5.02 Å². The first kappa shape index (κ1) is 15.3. The molecule has 0 fully saturated rings. The molecule has 0 radical (unpaired) electrons. The van der Waals surface area contributed by atoms with Crippen molar-refractivity contribution in [2.75, 3.05) is 19.5 Å². The normalized spacial score (nSPS) is 10.0. The van der Waals surface area contributed by atoms with Crippen LogP contribution < -0.4 is 20.5 Å². The van der Waals surface area contributed by atoms with Crippen molar-refractivity contribution in [2.24, 2.45) is 5.73 Å². The summed E-state index contributed by atoms with van der Waals surface area (Å²) in [5.74, 6) is 1.45. The number of nitrogens with two attached hydrogens (primary N) is 1. The fourth-order valence-electron chi connectivity index (χ4n) is 1.70. The van der Waals surface area contributed by atoms with E-state index in [9.17, 15) is 0 Å². The Kier molecular flexibility index (Phi) is 4.77. The Bertz CT molecular complexity index is 681. The molecule has 8 heteroatoms. The van der Waals surface area contributed by atoms with Crippen LogP contribution in [-0.2, 0) is 0 Å². The standard InChI is InChI=1S/C13H13ClN4O2S/c1-19-9-6-8(10(20-2)5-7(9)14)18-13-11(12(15)21)16-3-4-17-13/h3-6H,1-2H3,(H2,15,21)(H,17,18). The Morgan fingerprint density at radius 3 is 2.48 bits per heavy atom. The van der Waals surface area contributed by atoms with Crippen LogP contribution in [0.1, 0.15) is 5.69 Å². The average molecular weight is 325 g/mol. The quantitative estimate of drug-likeness (QED) is 0.818. The summed E-state index contributed by atoms with van der Waals surface area (Å²) in [4.78, 5) is 8.42. The second-order valence-corrected chi connectivity index (χ2v) is 4.78. The second kappa shape index (κ2) is 6.55. The number of rotatable bonds is 5. The summed E-state index contributed by atoms with van der Waals surface area (Å²) in [6.07, 6.45) is 3.04. The zero-order valence-corrected chi connectivity index (χ0v) is 13.0. The van der Waals surface area contributed by atoms with Crippen LogP contribution in [0.15, 0.2) is 24.5 Å². The van der Waals surface area contributed by atoms with Gasteiger partial charge in [0.1, 0.15) is 22.2 Å². The predicted molar refractivity (Wildman–Crippen MR) is 85.8 cm³/mol. The van der Waals surface area contributed by atoms with Crippen molar-refractivity contribution in [1.82, 2.24) is 9.97 Å². The van der Waals surface area contributed by atoms with Gasteiger partial charge in [-0.15, -0.1) is 0 Å². The number of thiocarbonyl (C=S) groups is 1. The highest BCUT2D eigenvalue weighted by atomic mass is 35.5.